The van der Waals surface area contributed by atoms with Gasteiger partial charge < -0.3 is 15.1 Å². The van der Waals surface area contributed by atoms with Crippen LogP contribution >= 0.6 is 11.8 Å². The van der Waals surface area contributed by atoms with Crippen LogP contribution in [0.1, 0.15) is 38.5 Å². The van der Waals surface area contributed by atoms with Gasteiger partial charge in [-0.2, -0.15) is 11.8 Å². The molecule has 1 aliphatic rings. The molecule has 1 aromatic heterocycles. The number of carbonyl (C=O) groups excluding carboxylic acids is 2. The number of aromatic amines is 1. The third-order valence-electron chi connectivity index (χ3n) is 4.72. The number of H-pyrrole nitrogens is 1. The first-order valence-corrected chi connectivity index (χ1v) is 10.8. The van der Waals surface area contributed by atoms with E-state index in [4.69, 9.17) is 4.42 Å². The molecular formula is C20H25N3O4S. The lowest BCUT2D eigenvalue weighted by molar-refractivity contribution is -0.126. The van der Waals surface area contributed by atoms with Crippen LogP contribution in [-0.4, -0.2) is 34.8 Å². The maximum Gasteiger partial charge on any atom is 0.417 e. The largest absolute Gasteiger partial charge is 0.417 e. The van der Waals surface area contributed by atoms with Crippen molar-refractivity contribution in [1.82, 2.24) is 10.3 Å². The monoisotopic (exact) mass is 403 g/mol. The topological polar surface area (TPSA) is 104 Å². The number of anilines is 1. The fraction of sp³-hybridized carbons (Fsp3) is 0.450. The first-order valence-electron chi connectivity index (χ1n) is 9.45. The van der Waals surface area contributed by atoms with Gasteiger partial charge in [-0.05, 0) is 62.3 Å². The Bertz CT molecular complexity index is 931. The summed E-state index contributed by atoms with van der Waals surface area (Å²) in [5.74, 6) is -0.176. The van der Waals surface area contributed by atoms with Crippen LogP contribution in [0.5, 0.6) is 0 Å². The Balaban J connectivity index is 1.64. The van der Waals surface area contributed by atoms with E-state index >= 15 is 0 Å². The molecule has 150 valence electrons. The van der Waals surface area contributed by atoms with Crippen molar-refractivity contribution < 1.29 is 14.0 Å². The zero-order valence-electron chi connectivity index (χ0n) is 15.9. The van der Waals surface area contributed by atoms with Crippen LogP contribution in [0.15, 0.2) is 39.1 Å². The second kappa shape index (κ2) is 9.64. The summed E-state index contributed by atoms with van der Waals surface area (Å²) in [6.07, 6.45) is 9.28. The maximum atomic E-state index is 12.7. The van der Waals surface area contributed by atoms with Crippen LogP contribution in [0, 0.1) is 0 Å². The minimum Gasteiger partial charge on any atom is -0.408 e. The summed E-state index contributed by atoms with van der Waals surface area (Å²) in [6.45, 7) is 0. The number of amides is 2. The van der Waals surface area contributed by atoms with Gasteiger partial charge in [0.25, 0.3) is 0 Å². The van der Waals surface area contributed by atoms with E-state index in [9.17, 15) is 14.4 Å². The van der Waals surface area contributed by atoms with Gasteiger partial charge in [0.15, 0.2) is 5.58 Å². The van der Waals surface area contributed by atoms with Gasteiger partial charge >= 0.3 is 5.76 Å². The zero-order valence-corrected chi connectivity index (χ0v) is 16.7. The standard InChI is InChI=1S/C20H25N3O4S/c1-28-10-9-15(22-18(24)11-13-5-3-2-4-6-13)19(25)21-14-7-8-17-16(12-14)23-20(26)27-17/h5,7-8,12,15H,2-4,6,9-11H2,1H3,(H,21,25)(H,22,24)(H,23,26). The number of allylic oxidation sites excluding steroid dienone is 1. The SMILES string of the molecule is CSCCC(NC(=O)CC1=CCCCC1)C(=O)Nc1ccc2oc(=O)[nH]c2c1. The Kier molecular flexibility index (Phi) is 6.97. The van der Waals surface area contributed by atoms with E-state index in [0.717, 1.165) is 30.6 Å². The van der Waals surface area contributed by atoms with E-state index < -0.39 is 11.8 Å². The highest BCUT2D eigenvalue weighted by Crippen LogP contribution is 2.20. The molecule has 1 aromatic carbocycles. The number of carbonyl (C=O) groups is 2. The molecule has 3 rings (SSSR count). The van der Waals surface area contributed by atoms with Crippen molar-refractivity contribution in [2.45, 2.75) is 44.6 Å². The smallest absolute Gasteiger partial charge is 0.408 e. The minimum absolute atomic E-state index is 0.121. The average molecular weight is 404 g/mol. The summed E-state index contributed by atoms with van der Waals surface area (Å²) in [4.78, 5) is 39.0. The van der Waals surface area contributed by atoms with Gasteiger partial charge in [0.2, 0.25) is 11.8 Å². The molecule has 1 atom stereocenters. The lowest BCUT2D eigenvalue weighted by atomic mass is 9.97. The zero-order chi connectivity index (χ0) is 19.9. The molecule has 0 aliphatic heterocycles. The molecule has 0 saturated carbocycles. The molecule has 0 bridgehead atoms. The summed E-state index contributed by atoms with van der Waals surface area (Å²) < 4.78 is 4.96. The molecule has 0 saturated heterocycles. The van der Waals surface area contributed by atoms with Crippen LogP contribution in [0.3, 0.4) is 0 Å². The number of benzene rings is 1. The molecule has 7 nitrogen and oxygen atoms in total. The van der Waals surface area contributed by atoms with E-state index in [2.05, 4.69) is 21.7 Å². The van der Waals surface area contributed by atoms with E-state index in [-0.39, 0.29) is 11.8 Å². The van der Waals surface area contributed by atoms with E-state index in [0.29, 0.717) is 29.6 Å². The van der Waals surface area contributed by atoms with Gasteiger partial charge in [0.05, 0.1) is 5.52 Å². The summed E-state index contributed by atoms with van der Waals surface area (Å²) >= 11 is 1.63. The van der Waals surface area contributed by atoms with Crippen molar-refractivity contribution in [3.8, 4) is 0 Å². The maximum absolute atomic E-state index is 12.7. The van der Waals surface area contributed by atoms with Crippen molar-refractivity contribution in [3.63, 3.8) is 0 Å². The number of nitrogens with one attached hydrogen (secondary N) is 3. The Morgan fingerprint density at radius 2 is 2.18 bits per heavy atom. The number of hydrogen-bond acceptors (Lipinski definition) is 5. The average Bonchev–Trinajstić information content (AvgIpc) is 3.05. The fourth-order valence-corrected chi connectivity index (χ4v) is 3.75. The molecule has 1 aliphatic carbocycles. The summed E-state index contributed by atoms with van der Waals surface area (Å²) in [7, 11) is 0. The predicted octanol–water partition coefficient (Wildman–Crippen LogP) is 3.19. The van der Waals surface area contributed by atoms with Crippen molar-refractivity contribution in [3.05, 3.63) is 40.4 Å². The Labute approximate surface area is 167 Å². The molecule has 8 heteroatoms. The van der Waals surface area contributed by atoms with Gasteiger partial charge in [-0.15, -0.1) is 0 Å². The number of fused-ring (bicyclic) bond motifs is 1. The van der Waals surface area contributed by atoms with Crippen molar-refractivity contribution in [2.75, 3.05) is 17.3 Å². The number of rotatable bonds is 8. The molecule has 2 aromatic rings. The molecule has 0 spiro atoms. The minimum atomic E-state index is -0.608. The number of aromatic nitrogens is 1. The highest BCUT2D eigenvalue weighted by molar-refractivity contribution is 7.98. The lowest BCUT2D eigenvalue weighted by Crippen LogP contribution is -2.44. The Hall–Kier alpha value is -2.48. The van der Waals surface area contributed by atoms with Crippen LogP contribution in [0.2, 0.25) is 0 Å². The van der Waals surface area contributed by atoms with Gasteiger partial charge in [-0.3, -0.25) is 14.6 Å². The fourth-order valence-electron chi connectivity index (χ4n) is 3.28. The van der Waals surface area contributed by atoms with Crippen LogP contribution in [0.25, 0.3) is 11.1 Å². The number of hydrogen-bond donors (Lipinski definition) is 3. The van der Waals surface area contributed by atoms with E-state index in [1.807, 2.05) is 6.26 Å². The van der Waals surface area contributed by atoms with Crippen molar-refractivity contribution in [1.29, 1.82) is 0 Å². The summed E-state index contributed by atoms with van der Waals surface area (Å²) in [5.41, 5.74) is 2.63. The molecular weight excluding hydrogens is 378 g/mol. The first-order chi connectivity index (χ1) is 13.5. The number of thioether (sulfide) groups is 1. The molecule has 1 unspecified atom stereocenters. The van der Waals surface area contributed by atoms with Crippen LogP contribution in [0.4, 0.5) is 5.69 Å². The molecule has 0 radical (unpaired) electrons. The van der Waals surface area contributed by atoms with Gasteiger partial charge in [-0.25, -0.2) is 4.79 Å². The normalized spacial score (nSPS) is 15.1. The second-order valence-electron chi connectivity index (χ2n) is 6.90. The predicted molar refractivity (Wildman–Crippen MR) is 112 cm³/mol. The Morgan fingerprint density at radius 1 is 1.32 bits per heavy atom. The first kappa shape index (κ1) is 20.3. The van der Waals surface area contributed by atoms with Crippen molar-refractivity contribution >= 4 is 40.4 Å². The third kappa shape index (κ3) is 5.51. The summed E-state index contributed by atoms with van der Waals surface area (Å²) in [6, 6.07) is 4.31. The van der Waals surface area contributed by atoms with Gasteiger partial charge in [0, 0.05) is 12.1 Å². The number of oxazole rings is 1. The molecule has 0 fully saturated rings. The van der Waals surface area contributed by atoms with E-state index in [1.165, 1.54) is 6.42 Å². The van der Waals surface area contributed by atoms with Crippen LogP contribution < -0.4 is 16.4 Å². The second-order valence-corrected chi connectivity index (χ2v) is 7.89. The highest BCUT2D eigenvalue weighted by Gasteiger charge is 2.21. The molecule has 28 heavy (non-hydrogen) atoms. The van der Waals surface area contributed by atoms with Crippen LogP contribution in [-0.2, 0) is 9.59 Å². The Morgan fingerprint density at radius 3 is 2.93 bits per heavy atom. The third-order valence-corrected chi connectivity index (χ3v) is 5.37. The molecule has 1 heterocycles. The van der Waals surface area contributed by atoms with Gasteiger partial charge in [-0.1, -0.05) is 11.6 Å². The molecule has 2 amide bonds. The highest BCUT2D eigenvalue weighted by atomic mass is 32.2. The quantitative estimate of drug-likeness (QED) is 0.587. The van der Waals surface area contributed by atoms with Gasteiger partial charge in [0.1, 0.15) is 6.04 Å². The lowest BCUT2D eigenvalue weighted by Gasteiger charge is -2.19. The van der Waals surface area contributed by atoms with Crippen molar-refractivity contribution in [2.24, 2.45) is 0 Å². The van der Waals surface area contributed by atoms with E-state index in [1.54, 1.807) is 30.0 Å². The molecule has 3 N–H and O–H groups in total. The summed E-state index contributed by atoms with van der Waals surface area (Å²) in [5, 5.41) is 5.70.